The third-order valence-corrected chi connectivity index (χ3v) is 4.59. The molecule has 1 aliphatic rings. The average Bonchev–Trinajstić information content (AvgIpc) is 2.44. The predicted molar refractivity (Wildman–Crippen MR) is 78.5 cm³/mol. The zero-order valence-electron chi connectivity index (χ0n) is 12.8. The molecule has 0 aromatic carbocycles. The SMILES string of the molecule is CCC1CCC(CNC(=O)NC(C)C(C)C(=O)O)CC1. The summed E-state index contributed by atoms with van der Waals surface area (Å²) in [5.74, 6) is -0.0521. The Labute approximate surface area is 121 Å². The summed E-state index contributed by atoms with van der Waals surface area (Å²) in [6.45, 7) is 6.24. The number of hydrogen-bond acceptors (Lipinski definition) is 2. The first-order valence-electron chi connectivity index (χ1n) is 7.71. The number of hydrogen-bond donors (Lipinski definition) is 3. The molecule has 0 aromatic rings. The maximum absolute atomic E-state index is 11.7. The van der Waals surface area contributed by atoms with Crippen molar-refractivity contribution >= 4 is 12.0 Å². The van der Waals surface area contributed by atoms with Crippen LogP contribution < -0.4 is 10.6 Å². The van der Waals surface area contributed by atoms with Gasteiger partial charge in [0.25, 0.3) is 0 Å². The highest BCUT2D eigenvalue weighted by molar-refractivity contribution is 5.76. The molecule has 1 saturated carbocycles. The molecule has 3 N–H and O–H groups in total. The van der Waals surface area contributed by atoms with E-state index in [1.165, 1.54) is 32.1 Å². The lowest BCUT2D eigenvalue weighted by Gasteiger charge is -2.28. The number of carboxylic acid groups (broad SMARTS) is 1. The summed E-state index contributed by atoms with van der Waals surface area (Å²) >= 11 is 0. The van der Waals surface area contributed by atoms with E-state index in [0.29, 0.717) is 12.5 Å². The highest BCUT2D eigenvalue weighted by atomic mass is 16.4. The van der Waals surface area contributed by atoms with E-state index in [0.717, 1.165) is 5.92 Å². The number of urea groups is 1. The maximum atomic E-state index is 11.7. The van der Waals surface area contributed by atoms with Crippen LogP contribution in [0.4, 0.5) is 4.79 Å². The summed E-state index contributed by atoms with van der Waals surface area (Å²) < 4.78 is 0. The first-order chi connectivity index (χ1) is 9.43. The molecule has 5 nitrogen and oxygen atoms in total. The molecule has 0 spiro atoms. The second-order valence-corrected chi connectivity index (χ2v) is 6.06. The van der Waals surface area contributed by atoms with Crippen LogP contribution in [-0.2, 0) is 4.79 Å². The zero-order valence-corrected chi connectivity index (χ0v) is 12.8. The summed E-state index contributed by atoms with van der Waals surface area (Å²) in [4.78, 5) is 22.5. The molecule has 0 saturated heterocycles. The monoisotopic (exact) mass is 284 g/mol. The number of rotatable bonds is 6. The van der Waals surface area contributed by atoms with Gasteiger partial charge in [-0.1, -0.05) is 26.2 Å². The van der Waals surface area contributed by atoms with Crippen LogP contribution in [0.2, 0.25) is 0 Å². The number of amides is 2. The van der Waals surface area contributed by atoms with E-state index < -0.39 is 11.9 Å². The third-order valence-electron chi connectivity index (χ3n) is 4.59. The summed E-state index contributed by atoms with van der Waals surface area (Å²) in [5.41, 5.74) is 0. The normalized spacial score (nSPS) is 25.6. The van der Waals surface area contributed by atoms with Crippen LogP contribution in [0.15, 0.2) is 0 Å². The Balaban J connectivity index is 2.22. The first-order valence-corrected chi connectivity index (χ1v) is 7.71. The predicted octanol–water partition coefficient (Wildman–Crippen LogP) is 2.61. The van der Waals surface area contributed by atoms with Crippen molar-refractivity contribution in [1.82, 2.24) is 10.6 Å². The van der Waals surface area contributed by atoms with E-state index in [1.54, 1.807) is 13.8 Å². The van der Waals surface area contributed by atoms with Crippen molar-refractivity contribution in [2.45, 2.75) is 58.9 Å². The number of nitrogens with one attached hydrogen (secondary N) is 2. The van der Waals surface area contributed by atoms with Crippen molar-refractivity contribution in [3.63, 3.8) is 0 Å². The second kappa shape index (κ2) is 8.12. The minimum atomic E-state index is -0.893. The highest BCUT2D eigenvalue weighted by Crippen LogP contribution is 2.29. The summed E-state index contributed by atoms with van der Waals surface area (Å²) in [6.07, 6.45) is 6.14. The standard InChI is InChI=1S/C15H28N2O3/c1-4-12-5-7-13(8-6-12)9-16-15(20)17-11(3)10(2)14(18)19/h10-13H,4-9H2,1-3H3,(H,18,19)(H2,16,17,20). The second-order valence-electron chi connectivity index (χ2n) is 6.06. The molecule has 1 aliphatic carbocycles. The Kier molecular flexibility index (Phi) is 6.82. The molecule has 116 valence electrons. The molecule has 5 heteroatoms. The van der Waals surface area contributed by atoms with Crippen molar-refractivity contribution in [1.29, 1.82) is 0 Å². The van der Waals surface area contributed by atoms with E-state index in [-0.39, 0.29) is 12.1 Å². The molecule has 0 bridgehead atoms. The smallest absolute Gasteiger partial charge is 0.315 e. The summed E-state index contributed by atoms with van der Waals surface area (Å²) in [5, 5.41) is 14.4. The van der Waals surface area contributed by atoms with Crippen LogP contribution in [-0.4, -0.2) is 29.7 Å². The van der Waals surface area contributed by atoms with Gasteiger partial charge in [0.2, 0.25) is 0 Å². The van der Waals surface area contributed by atoms with Gasteiger partial charge in [-0.15, -0.1) is 0 Å². The zero-order chi connectivity index (χ0) is 15.1. The number of carboxylic acids is 1. The van der Waals surface area contributed by atoms with Crippen LogP contribution in [0.1, 0.15) is 52.9 Å². The number of aliphatic carboxylic acids is 1. The van der Waals surface area contributed by atoms with E-state index in [2.05, 4.69) is 17.6 Å². The fourth-order valence-electron chi connectivity index (χ4n) is 2.68. The molecule has 2 unspecified atom stereocenters. The number of carbonyl (C=O) groups excluding carboxylic acids is 1. The van der Waals surface area contributed by atoms with Gasteiger partial charge in [-0.2, -0.15) is 0 Å². The fraction of sp³-hybridized carbons (Fsp3) is 0.867. The molecule has 0 aromatic heterocycles. The van der Waals surface area contributed by atoms with E-state index in [1.807, 2.05) is 0 Å². The van der Waals surface area contributed by atoms with Crippen LogP contribution in [0.3, 0.4) is 0 Å². The Bertz CT molecular complexity index is 325. The van der Waals surface area contributed by atoms with Crippen LogP contribution in [0.5, 0.6) is 0 Å². The Morgan fingerprint density at radius 2 is 1.70 bits per heavy atom. The Morgan fingerprint density at radius 1 is 1.15 bits per heavy atom. The van der Waals surface area contributed by atoms with Gasteiger partial charge in [-0.3, -0.25) is 4.79 Å². The van der Waals surface area contributed by atoms with Crippen LogP contribution in [0, 0.1) is 17.8 Å². The quantitative estimate of drug-likeness (QED) is 0.701. The van der Waals surface area contributed by atoms with Gasteiger partial charge in [-0.05, 0) is 38.5 Å². The lowest BCUT2D eigenvalue weighted by molar-refractivity contribution is -0.141. The third kappa shape index (κ3) is 5.39. The van der Waals surface area contributed by atoms with Gasteiger partial charge in [0.05, 0.1) is 5.92 Å². The molecule has 2 atom stereocenters. The van der Waals surface area contributed by atoms with E-state index >= 15 is 0 Å². The molecular formula is C15H28N2O3. The molecule has 0 aliphatic heterocycles. The highest BCUT2D eigenvalue weighted by Gasteiger charge is 2.22. The molecule has 1 fully saturated rings. The molecule has 20 heavy (non-hydrogen) atoms. The topological polar surface area (TPSA) is 78.4 Å². The van der Waals surface area contributed by atoms with Crippen molar-refractivity contribution < 1.29 is 14.7 Å². The molecule has 0 radical (unpaired) electrons. The van der Waals surface area contributed by atoms with Crippen LogP contribution in [0.25, 0.3) is 0 Å². The van der Waals surface area contributed by atoms with Crippen molar-refractivity contribution in [3.05, 3.63) is 0 Å². The van der Waals surface area contributed by atoms with E-state index in [4.69, 9.17) is 5.11 Å². The van der Waals surface area contributed by atoms with Gasteiger partial charge in [0.1, 0.15) is 0 Å². The van der Waals surface area contributed by atoms with Crippen molar-refractivity contribution in [3.8, 4) is 0 Å². The Hall–Kier alpha value is -1.26. The largest absolute Gasteiger partial charge is 0.481 e. The van der Waals surface area contributed by atoms with Gasteiger partial charge in [-0.25, -0.2) is 4.79 Å². The lowest BCUT2D eigenvalue weighted by atomic mass is 9.81. The molecular weight excluding hydrogens is 256 g/mol. The van der Waals surface area contributed by atoms with Crippen LogP contribution >= 0.6 is 0 Å². The molecule has 1 rings (SSSR count). The summed E-state index contributed by atoms with van der Waals surface area (Å²) in [6, 6.07) is -0.633. The summed E-state index contributed by atoms with van der Waals surface area (Å²) in [7, 11) is 0. The molecule has 2 amide bonds. The van der Waals surface area contributed by atoms with Crippen molar-refractivity contribution in [2.24, 2.45) is 17.8 Å². The van der Waals surface area contributed by atoms with Gasteiger partial charge < -0.3 is 15.7 Å². The van der Waals surface area contributed by atoms with Crippen molar-refractivity contribution in [2.75, 3.05) is 6.54 Å². The number of carbonyl (C=O) groups is 2. The van der Waals surface area contributed by atoms with E-state index in [9.17, 15) is 9.59 Å². The minimum absolute atomic E-state index is 0.261. The minimum Gasteiger partial charge on any atom is -0.481 e. The molecule has 0 heterocycles. The lowest BCUT2D eigenvalue weighted by Crippen LogP contribution is -2.46. The first kappa shape index (κ1) is 16.8. The Morgan fingerprint density at radius 3 is 2.20 bits per heavy atom. The average molecular weight is 284 g/mol. The van der Waals surface area contributed by atoms with Gasteiger partial charge in [0, 0.05) is 12.6 Å². The maximum Gasteiger partial charge on any atom is 0.315 e. The van der Waals surface area contributed by atoms with Gasteiger partial charge >= 0.3 is 12.0 Å². The fourth-order valence-corrected chi connectivity index (χ4v) is 2.68. The van der Waals surface area contributed by atoms with Gasteiger partial charge in [0.15, 0.2) is 0 Å².